The average molecular weight is 533 g/mol. The molecule has 1 aromatic heterocycles. The molecule has 15 heteroatoms. The lowest BCUT2D eigenvalue weighted by atomic mass is 10.1. The Balaban J connectivity index is 1.53. The Hall–Kier alpha value is -2.11. The number of piperazine rings is 1. The molecule has 1 aliphatic heterocycles. The second-order valence-electron chi connectivity index (χ2n) is 8.91. The zero-order valence-electron chi connectivity index (χ0n) is 18.5. The predicted molar refractivity (Wildman–Crippen MR) is 125 cm³/mol. The number of carboxylic acids is 1. The van der Waals surface area contributed by atoms with Crippen molar-refractivity contribution in [2.45, 2.75) is 30.7 Å². The molecule has 1 aliphatic carbocycles. The van der Waals surface area contributed by atoms with Gasteiger partial charge < -0.3 is 34.1 Å². The molecule has 1 aromatic carbocycles. The number of pyridine rings is 1. The van der Waals surface area contributed by atoms with Crippen LogP contribution in [0.5, 0.6) is 0 Å². The summed E-state index contributed by atoms with van der Waals surface area (Å²) in [6.07, 6.45) is 2.57. The number of halogens is 1. The van der Waals surface area contributed by atoms with Gasteiger partial charge in [0.15, 0.2) is 5.40 Å². The zero-order valence-corrected chi connectivity index (χ0v) is 20.3. The van der Waals surface area contributed by atoms with Gasteiger partial charge in [-0.2, -0.15) is 0 Å². The Morgan fingerprint density at radius 1 is 1.06 bits per heavy atom. The number of anilines is 1. The molecule has 35 heavy (non-hydrogen) atoms. The van der Waals surface area contributed by atoms with Crippen LogP contribution >= 0.6 is 15.2 Å². The molecule has 5 N–H and O–H groups in total. The Kier molecular flexibility index (Phi) is 6.98. The van der Waals surface area contributed by atoms with Gasteiger partial charge in [-0.05, 0) is 37.9 Å². The highest BCUT2D eigenvalue weighted by molar-refractivity contribution is 7.70. The van der Waals surface area contributed by atoms with E-state index in [1.165, 1.54) is 6.20 Å². The fourth-order valence-electron chi connectivity index (χ4n) is 4.45. The lowest BCUT2D eigenvalue weighted by Gasteiger charge is -2.37. The van der Waals surface area contributed by atoms with E-state index < -0.39 is 49.8 Å². The molecule has 2 aliphatic rings. The van der Waals surface area contributed by atoms with E-state index in [1.807, 2.05) is 0 Å². The maximum absolute atomic E-state index is 15.1. The number of hydrogen-bond acceptors (Lipinski definition) is 6. The van der Waals surface area contributed by atoms with Crippen LogP contribution in [0.3, 0.4) is 0 Å². The monoisotopic (exact) mass is 533 g/mol. The van der Waals surface area contributed by atoms with Gasteiger partial charge in [-0.3, -0.25) is 18.8 Å². The molecular weight excluding hydrogens is 507 g/mol. The van der Waals surface area contributed by atoms with Crippen molar-refractivity contribution < 1.29 is 43.0 Å². The minimum Gasteiger partial charge on any atom is -0.477 e. The standard InChI is InChI=1S/C20H26FN3O9P2/c21-15-9-13-16(24(12-1-2-12)11-14(19(13)25)20(26)27)10-17(15)23-7-5-22(6-8-23)4-3-18(34(28,29)30)35(31,32)33/h9-12,18H,1-8H2,(H,26,27)(H2,28,29,30)(H2,31,32,33). The average Bonchev–Trinajstić information content (AvgIpc) is 3.58. The topological polar surface area (TPSA) is 181 Å². The summed E-state index contributed by atoms with van der Waals surface area (Å²) in [6.45, 7) is 1.44. The van der Waals surface area contributed by atoms with Crippen LogP contribution in [0.1, 0.15) is 35.7 Å². The maximum atomic E-state index is 15.1. The Morgan fingerprint density at radius 3 is 2.17 bits per heavy atom. The van der Waals surface area contributed by atoms with E-state index in [4.69, 9.17) is 0 Å². The highest BCUT2D eigenvalue weighted by Gasteiger charge is 2.43. The molecule has 0 radical (unpaired) electrons. The number of carbonyl (C=O) groups is 1. The smallest absolute Gasteiger partial charge is 0.341 e. The Morgan fingerprint density at radius 2 is 1.66 bits per heavy atom. The third-order valence-corrected chi connectivity index (χ3v) is 10.3. The van der Waals surface area contributed by atoms with Crippen molar-refractivity contribution in [1.82, 2.24) is 9.47 Å². The summed E-state index contributed by atoms with van der Waals surface area (Å²) >= 11 is 0. The highest BCUT2D eigenvalue weighted by atomic mass is 31.2. The first-order valence-electron chi connectivity index (χ1n) is 11.0. The first kappa shape index (κ1) is 26.0. The largest absolute Gasteiger partial charge is 0.477 e. The molecule has 0 amide bonds. The van der Waals surface area contributed by atoms with Gasteiger partial charge in [0.25, 0.3) is 0 Å². The highest BCUT2D eigenvalue weighted by Crippen LogP contribution is 2.61. The number of benzene rings is 1. The Labute approximate surface area is 198 Å². The van der Waals surface area contributed by atoms with Gasteiger partial charge in [0.2, 0.25) is 5.43 Å². The quantitative estimate of drug-likeness (QED) is 0.309. The van der Waals surface area contributed by atoms with Crippen LogP contribution < -0.4 is 10.3 Å². The number of nitrogens with zero attached hydrogens (tertiary/aromatic N) is 3. The van der Waals surface area contributed by atoms with Crippen molar-refractivity contribution in [2.24, 2.45) is 0 Å². The molecule has 12 nitrogen and oxygen atoms in total. The van der Waals surface area contributed by atoms with Gasteiger partial charge in [-0.1, -0.05) is 0 Å². The summed E-state index contributed by atoms with van der Waals surface area (Å²) in [5, 5.41) is 7.29. The van der Waals surface area contributed by atoms with Crippen LogP contribution in [-0.4, -0.2) is 78.2 Å². The minimum absolute atomic E-state index is 0.00222. The van der Waals surface area contributed by atoms with Gasteiger partial charge in [0, 0.05) is 43.8 Å². The van der Waals surface area contributed by atoms with Crippen molar-refractivity contribution in [1.29, 1.82) is 0 Å². The van der Waals surface area contributed by atoms with Gasteiger partial charge in [0.1, 0.15) is 11.4 Å². The van der Waals surface area contributed by atoms with E-state index in [9.17, 15) is 43.4 Å². The summed E-state index contributed by atoms with van der Waals surface area (Å²) in [6, 6.07) is 2.65. The summed E-state index contributed by atoms with van der Waals surface area (Å²) in [5.74, 6) is -2.04. The molecule has 192 valence electrons. The maximum Gasteiger partial charge on any atom is 0.341 e. The van der Waals surface area contributed by atoms with Gasteiger partial charge >= 0.3 is 21.2 Å². The molecule has 2 aromatic rings. The Bertz CT molecular complexity index is 1290. The second-order valence-corrected chi connectivity index (χ2v) is 12.9. The minimum atomic E-state index is -4.99. The van der Waals surface area contributed by atoms with Crippen LogP contribution in [0.25, 0.3) is 10.9 Å². The predicted octanol–water partition coefficient (Wildman–Crippen LogP) is 1.37. The van der Waals surface area contributed by atoms with Crippen LogP contribution in [-0.2, 0) is 9.13 Å². The van der Waals surface area contributed by atoms with Crippen LogP contribution in [0, 0.1) is 5.82 Å². The zero-order chi connectivity index (χ0) is 25.7. The fourth-order valence-corrected chi connectivity index (χ4v) is 6.92. The molecule has 0 unspecified atom stereocenters. The molecule has 0 spiro atoms. The number of aromatic nitrogens is 1. The molecule has 0 atom stereocenters. The number of hydrogen-bond donors (Lipinski definition) is 5. The second kappa shape index (κ2) is 9.40. The van der Waals surface area contributed by atoms with E-state index in [0.29, 0.717) is 31.7 Å². The molecule has 2 heterocycles. The van der Waals surface area contributed by atoms with Crippen molar-refractivity contribution >= 4 is 37.8 Å². The van der Waals surface area contributed by atoms with Gasteiger partial charge in [-0.25, -0.2) is 9.18 Å². The first-order valence-corrected chi connectivity index (χ1v) is 14.3. The first-order chi connectivity index (χ1) is 16.3. The number of aromatic carboxylic acids is 1. The fraction of sp³-hybridized carbons (Fsp3) is 0.500. The van der Waals surface area contributed by atoms with Crippen LogP contribution in [0.4, 0.5) is 10.1 Å². The van der Waals surface area contributed by atoms with E-state index in [-0.39, 0.29) is 23.7 Å². The van der Waals surface area contributed by atoms with Crippen LogP contribution in [0.2, 0.25) is 0 Å². The van der Waals surface area contributed by atoms with E-state index in [0.717, 1.165) is 18.9 Å². The van der Waals surface area contributed by atoms with Crippen molar-refractivity contribution in [3.63, 3.8) is 0 Å². The van der Waals surface area contributed by atoms with E-state index in [2.05, 4.69) is 0 Å². The van der Waals surface area contributed by atoms with Gasteiger partial charge in [0.05, 0.1) is 11.2 Å². The van der Waals surface area contributed by atoms with Crippen LogP contribution in [0.15, 0.2) is 23.1 Å². The number of carboxylic acid groups (broad SMARTS) is 1. The number of fused-ring (bicyclic) bond motifs is 1. The normalized spacial score (nSPS) is 17.9. The van der Waals surface area contributed by atoms with E-state index in [1.54, 1.807) is 20.4 Å². The third-order valence-electron chi connectivity index (χ3n) is 6.46. The van der Waals surface area contributed by atoms with Gasteiger partial charge in [-0.15, -0.1) is 0 Å². The summed E-state index contributed by atoms with van der Waals surface area (Å²) in [5.41, 5.74) is -0.455. The van der Waals surface area contributed by atoms with Crippen molar-refractivity contribution in [3.05, 3.63) is 39.9 Å². The summed E-state index contributed by atoms with van der Waals surface area (Å²) < 4.78 is 39.7. The summed E-state index contributed by atoms with van der Waals surface area (Å²) in [7, 11) is -9.98. The molecule has 0 bridgehead atoms. The van der Waals surface area contributed by atoms with Crippen molar-refractivity contribution in [2.75, 3.05) is 37.6 Å². The third kappa shape index (κ3) is 5.51. The molecule has 2 fully saturated rings. The molecule has 1 saturated carbocycles. The lowest BCUT2D eigenvalue weighted by Crippen LogP contribution is -2.47. The van der Waals surface area contributed by atoms with Crippen molar-refractivity contribution in [3.8, 4) is 0 Å². The molecule has 4 rings (SSSR count). The number of rotatable bonds is 8. The lowest BCUT2D eigenvalue weighted by molar-refractivity contribution is 0.0694. The van der Waals surface area contributed by atoms with E-state index >= 15 is 4.39 Å². The molecular formula is C20H26FN3O9P2. The SMILES string of the molecule is O=C(O)c1cn(C2CC2)c2cc(N3CCN(CCC(P(=O)(O)O)P(=O)(O)O)CC3)c(F)cc2c1=O. The summed E-state index contributed by atoms with van der Waals surface area (Å²) in [4.78, 5) is 64.8. The molecule has 1 saturated heterocycles.